The number of hydrogen-bond donors (Lipinski definition) is 2. The van der Waals surface area contributed by atoms with Gasteiger partial charge in [-0.1, -0.05) is 37.3 Å². The van der Waals surface area contributed by atoms with Crippen LogP contribution < -0.4 is 15.5 Å². The number of anilines is 3. The molecule has 2 aromatic carbocycles. The molecule has 0 aliphatic heterocycles. The zero-order valence-corrected chi connectivity index (χ0v) is 24.6. The third-order valence-electron chi connectivity index (χ3n) is 6.95. The van der Waals surface area contributed by atoms with E-state index in [1.54, 1.807) is 50.4 Å². The fourth-order valence-corrected chi connectivity index (χ4v) is 4.47. The van der Waals surface area contributed by atoms with Crippen LogP contribution in [0.5, 0.6) is 0 Å². The Labute approximate surface area is 252 Å². The molecule has 0 aliphatic carbocycles. The lowest BCUT2D eigenvalue weighted by Gasteiger charge is -2.19. The molecule has 3 amide bonds. The van der Waals surface area contributed by atoms with Crippen LogP contribution in [-0.4, -0.2) is 56.0 Å². The Morgan fingerprint density at radius 2 is 1.70 bits per heavy atom. The molecule has 0 saturated heterocycles. The quantitative estimate of drug-likeness (QED) is 0.232. The van der Waals surface area contributed by atoms with Gasteiger partial charge in [-0.3, -0.25) is 19.1 Å². The summed E-state index contributed by atoms with van der Waals surface area (Å²) in [5, 5.41) is 13.7. The predicted octanol–water partition coefficient (Wildman–Crippen LogP) is 5.32. The molecule has 0 saturated carbocycles. The summed E-state index contributed by atoms with van der Waals surface area (Å²) < 4.78 is 13.8. The smallest absolute Gasteiger partial charge is 0.435 e. The molecule has 13 heteroatoms. The van der Waals surface area contributed by atoms with E-state index < -0.39 is 29.9 Å². The average molecular weight is 598 g/mol. The number of nitrogens with zero attached hydrogens (tertiary/aromatic N) is 5. The van der Waals surface area contributed by atoms with Crippen molar-refractivity contribution in [3.63, 3.8) is 0 Å². The van der Waals surface area contributed by atoms with Crippen molar-refractivity contribution in [3.05, 3.63) is 89.9 Å². The highest BCUT2D eigenvalue weighted by Gasteiger charge is 2.28. The van der Waals surface area contributed by atoms with E-state index in [2.05, 4.69) is 20.8 Å². The van der Waals surface area contributed by atoms with Gasteiger partial charge in [0.2, 0.25) is 0 Å². The first-order valence-electron chi connectivity index (χ1n) is 14.0. The van der Waals surface area contributed by atoms with E-state index in [4.69, 9.17) is 9.15 Å². The number of hydrogen-bond acceptors (Lipinski definition) is 8. The largest absolute Gasteiger partial charge is 0.445 e. The summed E-state index contributed by atoms with van der Waals surface area (Å²) in [6, 6.07) is 18.4. The van der Waals surface area contributed by atoms with Crippen LogP contribution in [0.25, 0.3) is 11.1 Å². The van der Waals surface area contributed by atoms with Gasteiger partial charge in [0.05, 0.1) is 11.3 Å². The molecule has 13 nitrogen and oxygen atoms in total. The molecule has 0 radical (unpaired) electrons. The van der Waals surface area contributed by atoms with Crippen LogP contribution in [-0.2, 0) is 11.8 Å². The molecule has 0 aliphatic rings. The molecular formula is C31H31N7O6. The highest BCUT2D eigenvalue weighted by molar-refractivity contribution is 6.14. The fourth-order valence-electron chi connectivity index (χ4n) is 4.47. The standard InChI is InChI=1S/C31H31N7O6/c1-5-19(3)43-31(42)38-24-18-25(30(41)37(6-2)20-12-8-7-9-13-20)44-26(24)27(35-38)34-28(39)21-14-10-11-15-22(21)33-29(40)23-16-17-32-36(23)4/h7-19H,5-6H2,1-4H3,(H,33,40)(H,34,35,39). The molecule has 5 rings (SSSR count). The topological polar surface area (TPSA) is 154 Å². The molecule has 2 N–H and O–H groups in total. The first kappa shape index (κ1) is 29.8. The number of carbonyl (C=O) groups is 4. The third-order valence-corrected chi connectivity index (χ3v) is 6.95. The van der Waals surface area contributed by atoms with Crippen molar-refractivity contribution in [1.82, 2.24) is 19.6 Å². The Balaban J connectivity index is 1.49. The van der Waals surface area contributed by atoms with E-state index in [-0.39, 0.29) is 33.9 Å². The molecule has 1 unspecified atom stereocenters. The summed E-state index contributed by atoms with van der Waals surface area (Å²) in [6.45, 7) is 5.79. The zero-order chi connectivity index (χ0) is 31.4. The number of nitrogens with one attached hydrogen (secondary N) is 2. The number of rotatable bonds is 9. The van der Waals surface area contributed by atoms with Gasteiger partial charge in [0.15, 0.2) is 17.2 Å². The normalized spacial score (nSPS) is 11.6. The van der Waals surface area contributed by atoms with Crippen LogP contribution in [0.1, 0.15) is 58.6 Å². The summed E-state index contributed by atoms with van der Waals surface area (Å²) >= 11 is 0. The second-order valence-corrected chi connectivity index (χ2v) is 9.87. The number of para-hydroxylation sites is 2. The molecule has 0 spiro atoms. The van der Waals surface area contributed by atoms with Crippen LogP contribution in [0.3, 0.4) is 0 Å². The lowest BCUT2D eigenvalue weighted by atomic mass is 10.1. The van der Waals surface area contributed by atoms with E-state index in [1.807, 2.05) is 32.0 Å². The number of ether oxygens (including phenoxy) is 1. The van der Waals surface area contributed by atoms with Crippen LogP contribution in [0, 0.1) is 0 Å². The van der Waals surface area contributed by atoms with Gasteiger partial charge in [0.1, 0.15) is 17.3 Å². The van der Waals surface area contributed by atoms with Crippen molar-refractivity contribution in [2.45, 2.75) is 33.3 Å². The molecule has 44 heavy (non-hydrogen) atoms. The van der Waals surface area contributed by atoms with E-state index in [0.29, 0.717) is 24.3 Å². The van der Waals surface area contributed by atoms with E-state index in [0.717, 1.165) is 4.68 Å². The lowest BCUT2D eigenvalue weighted by molar-refractivity contribution is 0.0961. The SMILES string of the molecule is CCC(C)OC(=O)n1nc(NC(=O)c2ccccc2NC(=O)c2ccnn2C)c2oc(C(=O)N(CC)c3ccccc3)cc21. The predicted molar refractivity (Wildman–Crippen MR) is 163 cm³/mol. The fraction of sp³-hybridized carbons (Fsp3) is 0.226. The number of amides is 3. The third kappa shape index (κ3) is 5.93. The molecular weight excluding hydrogens is 566 g/mol. The Morgan fingerprint density at radius 3 is 2.39 bits per heavy atom. The van der Waals surface area contributed by atoms with Gasteiger partial charge in [-0.25, -0.2) is 4.79 Å². The molecule has 0 bridgehead atoms. The highest BCUT2D eigenvalue weighted by Crippen LogP contribution is 2.30. The van der Waals surface area contributed by atoms with Gasteiger partial charge >= 0.3 is 6.09 Å². The van der Waals surface area contributed by atoms with Crippen molar-refractivity contribution < 1.29 is 28.3 Å². The maximum Gasteiger partial charge on any atom is 0.435 e. The summed E-state index contributed by atoms with van der Waals surface area (Å²) in [6.07, 6.45) is 0.849. The van der Waals surface area contributed by atoms with Crippen LogP contribution in [0.4, 0.5) is 22.0 Å². The minimum atomic E-state index is -0.802. The summed E-state index contributed by atoms with van der Waals surface area (Å²) in [7, 11) is 1.63. The van der Waals surface area contributed by atoms with E-state index in [1.165, 1.54) is 27.9 Å². The van der Waals surface area contributed by atoms with E-state index >= 15 is 0 Å². The van der Waals surface area contributed by atoms with Gasteiger partial charge in [-0.15, -0.1) is 5.10 Å². The van der Waals surface area contributed by atoms with Gasteiger partial charge in [0, 0.05) is 31.5 Å². The van der Waals surface area contributed by atoms with Crippen molar-refractivity contribution in [1.29, 1.82) is 0 Å². The number of benzene rings is 2. The molecule has 0 fully saturated rings. The van der Waals surface area contributed by atoms with Crippen molar-refractivity contribution in [2.75, 3.05) is 22.1 Å². The minimum absolute atomic E-state index is 0.00307. The number of carbonyl (C=O) groups excluding carboxylic acids is 4. The summed E-state index contributed by atoms with van der Waals surface area (Å²) in [4.78, 5) is 54.5. The van der Waals surface area contributed by atoms with Gasteiger partial charge in [0.25, 0.3) is 17.7 Å². The maximum absolute atomic E-state index is 13.5. The average Bonchev–Trinajstić information content (AvgIpc) is 3.74. The summed E-state index contributed by atoms with van der Waals surface area (Å²) in [5.41, 5.74) is 1.46. The second kappa shape index (κ2) is 12.7. The lowest BCUT2D eigenvalue weighted by Crippen LogP contribution is -2.30. The zero-order valence-electron chi connectivity index (χ0n) is 24.6. The Morgan fingerprint density at radius 1 is 0.977 bits per heavy atom. The number of furan rings is 1. The van der Waals surface area contributed by atoms with E-state index in [9.17, 15) is 19.2 Å². The molecule has 226 valence electrons. The van der Waals surface area contributed by atoms with Crippen LogP contribution in [0.15, 0.2) is 77.3 Å². The monoisotopic (exact) mass is 597 g/mol. The van der Waals surface area contributed by atoms with Crippen LogP contribution >= 0.6 is 0 Å². The number of aryl methyl sites for hydroxylation is 1. The summed E-state index contributed by atoms with van der Waals surface area (Å²) in [5.74, 6) is -1.72. The Bertz CT molecular complexity index is 1840. The first-order chi connectivity index (χ1) is 21.2. The molecule has 3 aromatic heterocycles. The maximum atomic E-state index is 13.5. The van der Waals surface area contributed by atoms with Crippen LogP contribution in [0.2, 0.25) is 0 Å². The molecule has 1 atom stereocenters. The number of fused-ring (bicyclic) bond motifs is 1. The Hall–Kier alpha value is -5.72. The van der Waals surface area contributed by atoms with Gasteiger partial charge in [-0.2, -0.15) is 9.78 Å². The highest BCUT2D eigenvalue weighted by atomic mass is 16.6. The number of aromatic nitrogens is 4. The van der Waals surface area contributed by atoms with Crippen molar-refractivity contribution in [2.24, 2.45) is 7.05 Å². The van der Waals surface area contributed by atoms with Crippen molar-refractivity contribution in [3.8, 4) is 0 Å². The second-order valence-electron chi connectivity index (χ2n) is 9.87. The molecule has 5 aromatic rings. The van der Waals surface area contributed by atoms with Gasteiger partial charge < -0.3 is 24.7 Å². The van der Waals surface area contributed by atoms with Gasteiger partial charge in [-0.05, 0) is 50.6 Å². The van der Waals surface area contributed by atoms with Crippen molar-refractivity contribution >= 4 is 52.1 Å². The first-order valence-corrected chi connectivity index (χ1v) is 14.0. The molecule has 3 heterocycles. The Kier molecular flexibility index (Phi) is 8.56. The minimum Gasteiger partial charge on any atom is -0.445 e.